The first kappa shape index (κ1) is 13.2. The number of nitrogens with zero attached hydrogens (tertiary/aromatic N) is 2. The van der Waals surface area contributed by atoms with E-state index in [1.807, 2.05) is 0 Å². The third kappa shape index (κ3) is 3.28. The predicted octanol–water partition coefficient (Wildman–Crippen LogP) is 1.33. The van der Waals surface area contributed by atoms with E-state index in [0.29, 0.717) is 0 Å². The van der Waals surface area contributed by atoms with Gasteiger partial charge < -0.3 is 10.4 Å². The molecule has 0 spiro atoms. The van der Waals surface area contributed by atoms with E-state index in [2.05, 4.69) is 10.2 Å². The number of nitrogens with one attached hydrogen (secondary N) is 1. The molecule has 6 nitrogen and oxygen atoms in total. The second kappa shape index (κ2) is 4.53. The molecule has 0 radical (unpaired) electrons. The van der Waals surface area contributed by atoms with Crippen molar-refractivity contribution in [3.05, 3.63) is 16.9 Å². The Morgan fingerprint density at radius 2 is 1.94 bits per heavy atom. The maximum atomic E-state index is 11.9. The second-order valence-corrected chi connectivity index (χ2v) is 3.07. The number of hydrogen-bond acceptors (Lipinski definition) is 4. The summed E-state index contributed by atoms with van der Waals surface area (Å²) in [6.07, 6.45) is -5.15. The topological polar surface area (TPSA) is 92.2 Å². The van der Waals surface area contributed by atoms with Gasteiger partial charge in [0.25, 0.3) is 0 Å². The number of carboxylic acids is 1. The molecule has 1 aromatic rings. The molecule has 1 amide bonds. The van der Waals surface area contributed by atoms with Crippen LogP contribution in [0.1, 0.15) is 10.5 Å². The summed E-state index contributed by atoms with van der Waals surface area (Å²) in [6.45, 7) is 0. The highest BCUT2D eigenvalue weighted by Crippen LogP contribution is 2.21. The zero-order valence-corrected chi connectivity index (χ0v) is 8.50. The minimum Gasteiger partial charge on any atom is -0.476 e. The largest absolute Gasteiger partial charge is 0.476 e. The SMILES string of the molecule is O=C(O)c1nnc(Cl)cc1NC(=O)C(F)(F)F. The van der Waals surface area contributed by atoms with E-state index in [-0.39, 0.29) is 5.15 Å². The van der Waals surface area contributed by atoms with Crippen LogP contribution in [0, 0.1) is 0 Å². The van der Waals surface area contributed by atoms with Gasteiger partial charge in [-0.2, -0.15) is 13.2 Å². The Balaban J connectivity index is 3.09. The van der Waals surface area contributed by atoms with Crippen LogP contribution in [0.5, 0.6) is 0 Å². The van der Waals surface area contributed by atoms with Gasteiger partial charge >= 0.3 is 18.1 Å². The molecule has 1 rings (SSSR count). The number of aromatic carboxylic acids is 1. The first-order valence-corrected chi connectivity index (χ1v) is 4.24. The molecule has 1 heterocycles. The van der Waals surface area contributed by atoms with Crippen LogP contribution in [0.4, 0.5) is 18.9 Å². The summed E-state index contributed by atoms with van der Waals surface area (Å²) in [5.41, 5.74) is -1.52. The van der Waals surface area contributed by atoms with Gasteiger partial charge in [0.2, 0.25) is 0 Å². The number of alkyl halides is 3. The van der Waals surface area contributed by atoms with Gasteiger partial charge in [-0.25, -0.2) is 4.79 Å². The van der Waals surface area contributed by atoms with Crippen LogP contribution in [0.2, 0.25) is 5.15 Å². The minimum atomic E-state index is -5.15. The predicted molar refractivity (Wildman–Crippen MR) is 48.7 cm³/mol. The van der Waals surface area contributed by atoms with E-state index in [0.717, 1.165) is 6.07 Å². The summed E-state index contributed by atoms with van der Waals surface area (Å²) in [5, 5.41) is 15.8. The molecule has 0 aliphatic rings. The lowest BCUT2D eigenvalue weighted by Gasteiger charge is -2.09. The zero-order valence-electron chi connectivity index (χ0n) is 7.75. The Kier molecular flexibility index (Phi) is 3.51. The maximum absolute atomic E-state index is 11.9. The summed E-state index contributed by atoms with van der Waals surface area (Å²) in [6, 6.07) is 0.752. The summed E-state index contributed by atoms with van der Waals surface area (Å²) in [7, 11) is 0. The number of carbonyl (C=O) groups excluding carboxylic acids is 1. The lowest BCUT2D eigenvalue weighted by Crippen LogP contribution is -2.30. The first-order valence-electron chi connectivity index (χ1n) is 3.86. The van der Waals surface area contributed by atoms with Gasteiger partial charge in [0.05, 0.1) is 5.69 Å². The van der Waals surface area contributed by atoms with Crippen molar-refractivity contribution in [3.63, 3.8) is 0 Å². The molecule has 17 heavy (non-hydrogen) atoms. The van der Waals surface area contributed by atoms with Crippen LogP contribution in [0.15, 0.2) is 6.07 Å². The van der Waals surface area contributed by atoms with Crippen LogP contribution in [-0.4, -0.2) is 33.4 Å². The molecule has 1 aromatic heterocycles. The highest BCUT2D eigenvalue weighted by molar-refractivity contribution is 6.29. The van der Waals surface area contributed by atoms with Crippen LogP contribution < -0.4 is 5.32 Å². The van der Waals surface area contributed by atoms with Crippen molar-refractivity contribution in [2.75, 3.05) is 5.32 Å². The highest BCUT2D eigenvalue weighted by atomic mass is 35.5. The molecule has 10 heteroatoms. The van der Waals surface area contributed by atoms with Crippen molar-refractivity contribution in [1.29, 1.82) is 0 Å². The van der Waals surface area contributed by atoms with E-state index in [1.54, 1.807) is 0 Å². The number of aromatic nitrogens is 2. The molecule has 0 bridgehead atoms. The van der Waals surface area contributed by atoms with Crippen LogP contribution in [-0.2, 0) is 4.79 Å². The number of halogens is 4. The smallest absolute Gasteiger partial charge is 0.471 e. The van der Waals surface area contributed by atoms with Gasteiger partial charge in [-0.15, -0.1) is 10.2 Å². The molecule has 0 saturated carbocycles. The summed E-state index contributed by atoms with van der Waals surface area (Å²) in [5.74, 6) is -3.98. The lowest BCUT2D eigenvalue weighted by atomic mass is 10.3. The molecule has 0 saturated heterocycles. The van der Waals surface area contributed by atoms with Crippen LogP contribution in [0.3, 0.4) is 0 Å². The molecule has 0 aromatic carbocycles. The van der Waals surface area contributed by atoms with Gasteiger partial charge in [0.15, 0.2) is 10.8 Å². The van der Waals surface area contributed by atoms with E-state index in [1.165, 1.54) is 5.32 Å². The summed E-state index contributed by atoms with van der Waals surface area (Å²) >= 11 is 5.32. The standard InChI is InChI=1S/C7H3ClF3N3O3/c8-3-1-2(4(5(15)16)14-13-3)12-6(17)7(9,10)11/h1H,(H,15,16)(H,12,13,17). The Morgan fingerprint density at radius 1 is 1.35 bits per heavy atom. The Bertz CT molecular complexity index is 477. The number of rotatable bonds is 2. The second-order valence-electron chi connectivity index (χ2n) is 2.69. The molecule has 0 unspecified atom stereocenters. The summed E-state index contributed by atoms with van der Waals surface area (Å²) in [4.78, 5) is 21.2. The average molecular weight is 270 g/mol. The number of amides is 1. The number of carbonyl (C=O) groups is 2. The average Bonchev–Trinajstić information content (AvgIpc) is 2.15. The zero-order chi connectivity index (χ0) is 13.2. The van der Waals surface area contributed by atoms with Crippen molar-refractivity contribution >= 4 is 29.2 Å². The fourth-order valence-corrected chi connectivity index (χ4v) is 0.961. The van der Waals surface area contributed by atoms with Gasteiger partial charge in [-0.05, 0) is 0 Å². The normalized spacial score (nSPS) is 11.1. The lowest BCUT2D eigenvalue weighted by molar-refractivity contribution is -0.167. The van der Waals surface area contributed by atoms with Gasteiger partial charge in [0.1, 0.15) is 0 Å². The van der Waals surface area contributed by atoms with Crippen molar-refractivity contribution in [1.82, 2.24) is 10.2 Å². The maximum Gasteiger partial charge on any atom is 0.471 e. The monoisotopic (exact) mass is 269 g/mol. The van der Waals surface area contributed by atoms with E-state index in [9.17, 15) is 22.8 Å². The number of hydrogen-bond donors (Lipinski definition) is 2. The van der Waals surface area contributed by atoms with Gasteiger partial charge in [-0.1, -0.05) is 11.6 Å². The summed E-state index contributed by atoms with van der Waals surface area (Å²) < 4.78 is 35.8. The quantitative estimate of drug-likeness (QED) is 0.845. The third-order valence-electron chi connectivity index (χ3n) is 1.47. The van der Waals surface area contributed by atoms with E-state index >= 15 is 0 Å². The minimum absolute atomic E-state index is 0.354. The fraction of sp³-hybridized carbons (Fsp3) is 0.143. The number of anilines is 1. The third-order valence-corrected chi connectivity index (χ3v) is 1.66. The van der Waals surface area contributed by atoms with Crippen LogP contribution >= 0.6 is 11.6 Å². The molecule has 2 N–H and O–H groups in total. The molecule has 92 valence electrons. The van der Waals surface area contributed by atoms with Crippen molar-refractivity contribution in [3.8, 4) is 0 Å². The molecule has 0 aliphatic heterocycles. The molecular weight excluding hydrogens is 267 g/mol. The van der Waals surface area contributed by atoms with Crippen LogP contribution in [0.25, 0.3) is 0 Å². The Labute approximate surface area is 96.4 Å². The molecule has 0 atom stereocenters. The fourth-order valence-electron chi connectivity index (χ4n) is 0.814. The first-order chi connectivity index (χ1) is 7.71. The van der Waals surface area contributed by atoms with E-state index < -0.39 is 29.4 Å². The molecule has 0 fully saturated rings. The highest BCUT2D eigenvalue weighted by Gasteiger charge is 2.39. The number of carboxylic acid groups (broad SMARTS) is 1. The Hall–Kier alpha value is -1.90. The van der Waals surface area contributed by atoms with Gasteiger partial charge in [0, 0.05) is 6.07 Å². The Morgan fingerprint density at radius 3 is 2.41 bits per heavy atom. The van der Waals surface area contributed by atoms with Crippen molar-refractivity contribution < 1.29 is 27.9 Å². The molecule has 0 aliphatic carbocycles. The van der Waals surface area contributed by atoms with Gasteiger partial charge in [-0.3, -0.25) is 4.79 Å². The van der Waals surface area contributed by atoms with E-state index in [4.69, 9.17) is 16.7 Å². The molecular formula is C7H3ClF3N3O3. The van der Waals surface area contributed by atoms with Crippen molar-refractivity contribution in [2.24, 2.45) is 0 Å². The van der Waals surface area contributed by atoms with Crippen molar-refractivity contribution in [2.45, 2.75) is 6.18 Å².